The number of aromatic nitrogens is 2. The van der Waals surface area contributed by atoms with Crippen molar-refractivity contribution < 1.29 is 0 Å². The topological polar surface area (TPSA) is 37.8 Å². The molecule has 3 heteroatoms. The summed E-state index contributed by atoms with van der Waals surface area (Å²) in [5, 5.41) is 3.31. The third-order valence-electron chi connectivity index (χ3n) is 2.06. The maximum atomic E-state index is 4.25. The van der Waals surface area contributed by atoms with Gasteiger partial charge in [0.05, 0.1) is 5.69 Å². The summed E-state index contributed by atoms with van der Waals surface area (Å²) in [6, 6.07) is 0. The first-order valence-corrected chi connectivity index (χ1v) is 3.87. The SMILES string of the molecule is C[C@H]1CNCc2cncnc21. The van der Waals surface area contributed by atoms with E-state index in [4.69, 9.17) is 0 Å². The fourth-order valence-electron chi connectivity index (χ4n) is 1.47. The van der Waals surface area contributed by atoms with E-state index in [1.165, 1.54) is 11.3 Å². The Morgan fingerprint density at radius 1 is 1.64 bits per heavy atom. The molecule has 1 atom stereocenters. The van der Waals surface area contributed by atoms with E-state index in [0.29, 0.717) is 5.92 Å². The second kappa shape index (κ2) is 2.58. The van der Waals surface area contributed by atoms with Crippen LogP contribution in [0, 0.1) is 0 Å². The van der Waals surface area contributed by atoms with Crippen molar-refractivity contribution in [3.05, 3.63) is 23.8 Å². The zero-order valence-electron chi connectivity index (χ0n) is 6.54. The van der Waals surface area contributed by atoms with E-state index >= 15 is 0 Å². The third-order valence-corrected chi connectivity index (χ3v) is 2.06. The molecule has 0 fully saturated rings. The molecule has 0 bridgehead atoms. The Labute approximate surface area is 65.9 Å². The average molecular weight is 149 g/mol. The lowest BCUT2D eigenvalue weighted by molar-refractivity contribution is 0.553. The average Bonchev–Trinajstić information content (AvgIpc) is 2.06. The van der Waals surface area contributed by atoms with Crippen molar-refractivity contribution in [1.82, 2.24) is 15.3 Å². The van der Waals surface area contributed by atoms with E-state index in [0.717, 1.165) is 13.1 Å². The zero-order chi connectivity index (χ0) is 7.68. The molecular weight excluding hydrogens is 138 g/mol. The first kappa shape index (κ1) is 6.73. The summed E-state index contributed by atoms with van der Waals surface area (Å²) in [5.74, 6) is 0.529. The number of nitrogens with one attached hydrogen (secondary N) is 1. The lowest BCUT2D eigenvalue weighted by atomic mass is 10.00. The minimum atomic E-state index is 0.529. The molecule has 1 aromatic rings. The van der Waals surface area contributed by atoms with Gasteiger partial charge >= 0.3 is 0 Å². The number of fused-ring (bicyclic) bond motifs is 1. The number of hydrogen-bond donors (Lipinski definition) is 1. The molecule has 0 saturated carbocycles. The van der Waals surface area contributed by atoms with Gasteiger partial charge in [-0.05, 0) is 0 Å². The van der Waals surface area contributed by atoms with Gasteiger partial charge in [-0.3, -0.25) is 0 Å². The molecule has 0 unspecified atom stereocenters. The van der Waals surface area contributed by atoms with E-state index in [1.807, 2.05) is 6.20 Å². The first-order valence-electron chi connectivity index (χ1n) is 3.87. The fourth-order valence-corrected chi connectivity index (χ4v) is 1.47. The predicted molar refractivity (Wildman–Crippen MR) is 42.2 cm³/mol. The lowest BCUT2D eigenvalue weighted by Gasteiger charge is -2.20. The molecule has 2 heterocycles. The van der Waals surface area contributed by atoms with Crippen molar-refractivity contribution in [2.45, 2.75) is 19.4 Å². The molecule has 0 saturated heterocycles. The third kappa shape index (κ3) is 1.12. The van der Waals surface area contributed by atoms with Crippen molar-refractivity contribution >= 4 is 0 Å². The van der Waals surface area contributed by atoms with Crippen molar-refractivity contribution in [2.24, 2.45) is 0 Å². The monoisotopic (exact) mass is 149 g/mol. The number of nitrogens with zero attached hydrogens (tertiary/aromatic N) is 2. The maximum absolute atomic E-state index is 4.25. The maximum Gasteiger partial charge on any atom is 0.115 e. The van der Waals surface area contributed by atoms with Gasteiger partial charge in [0.15, 0.2) is 0 Å². The van der Waals surface area contributed by atoms with Crippen LogP contribution in [0.3, 0.4) is 0 Å². The van der Waals surface area contributed by atoms with Crippen molar-refractivity contribution in [3.8, 4) is 0 Å². The van der Waals surface area contributed by atoms with Gasteiger partial charge in [-0.25, -0.2) is 9.97 Å². The molecule has 0 aliphatic carbocycles. The molecule has 0 radical (unpaired) electrons. The fraction of sp³-hybridized carbons (Fsp3) is 0.500. The van der Waals surface area contributed by atoms with Crippen LogP contribution in [0.25, 0.3) is 0 Å². The minimum absolute atomic E-state index is 0.529. The molecule has 0 spiro atoms. The van der Waals surface area contributed by atoms with Crippen LogP contribution in [0.4, 0.5) is 0 Å². The smallest absolute Gasteiger partial charge is 0.115 e. The standard InChI is InChI=1S/C8H11N3/c1-6-2-9-3-7-4-10-5-11-8(6)7/h4-6,9H,2-3H2,1H3/t6-/m0/s1. The van der Waals surface area contributed by atoms with E-state index in [2.05, 4.69) is 22.2 Å². The van der Waals surface area contributed by atoms with Gasteiger partial charge in [0.2, 0.25) is 0 Å². The van der Waals surface area contributed by atoms with Crippen LogP contribution in [0.5, 0.6) is 0 Å². The second-order valence-corrected chi connectivity index (χ2v) is 2.97. The molecule has 0 aromatic carbocycles. The summed E-state index contributed by atoms with van der Waals surface area (Å²) >= 11 is 0. The Kier molecular flexibility index (Phi) is 1.58. The molecule has 1 aliphatic heterocycles. The highest BCUT2D eigenvalue weighted by Gasteiger charge is 2.16. The van der Waals surface area contributed by atoms with Crippen LogP contribution in [-0.2, 0) is 6.54 Å². The van der Waals surface area contributed by atoms with Gasteiger partial charge in [-0.1, -0.05) is 6.92 Å². The van der Waals surface area contributed by atoms with Crippen molar-refractivity contribution in [1.29, 1.82) is 0 Å². The normalized spacial score (nSPS) is 22.8. The Morgan fingerprint density at radius 2 is 2.55 bits per heavy atom. The first-order chi connectivity index (χ1) is 5.38. The van der Waals surface area contributed by atoms with Crippen molar-refractivity contribution in [3.63, 3.8) is 0 Å². The molecule has 11 heavy (non-hydrogen) atoms. The number of hydrogen-bond acceptors (Lipinski definition) is 3. The van der Waals surface area contributed by atoms with Crippen LogP contribution in [-0.4, -0.2) is 16.5 Å². The van der Waals surface area contributed by atoms with Gasteiger partial charge in [0, 0.05) is 30.8 Å². The molecule has 58 valence electrons. The summed E-state index contributed by atoms with van der Waals surface area (Å²) in [6.07, 6.45) is 3.52. The van der Waals surface area contributed by atoms with E-state index in [9.17, 15) is 0 Å². The van der Waals surface area contributed by atoms with Crippen LogP contribution in [0.2, 0.25) is 0 Å². The Balaban J connectivity index is 2.44. The van der Waals surface area contributed by atoms with Crippen LogP contribution >= 0.6 is 0 Å². The second-order valence-electron chi connectivity index (χ2n) is 2.97. The molecular formula is C8H11N3. The van der Waals surface area contributed by atoms with Crippen LogP contribution in [0.15, 0.2) is 12.5 Å². The predicted octanol–water partition coefficient (Wildman–Crippen LogP) is 0.683. The molecule has 2 rings (SSSR count). The lowest BCUT2D eigenvalue weighted by Crippen LogP contribution is -2.27. The van der Waals surface area contributed by atoms with E-state index in [-0.39, 0.29) is 0 Å². The van der Waals surface area contributed by atoms with Gasteiger partial charge in [-0.2, -0.15) is 0 Å². The molecule has 1 aliphatic rings. The Bertz CT molecular complexity index is 259. The summed E-state index contributed by atoms with van der Waals surface area (Å²) < 4.78 is 0. The van der Waals surface area contributed by atoms with Crippen LogP contribution < -0.4 is 5.32 Å². The minimum Gasteiger partial charge on any atom is -0.312 e. The zero-order valence-corrected chi connectivity index (χ0v) is 6.54. The van der Waals surface area contributed by atoms with E-state index < -0.39 is 0 Å². The highest BCUT2D eigenvalue weighted by molar-refractivity contribution is 5.22. The highest BCUT2D eigenvalue weighted by atomic mass is 14.9. The summed E-state index contributed by atoms with van der Waals surface area (Å²) in [7, 11) is 0. The molecule has 0 amide bonds. The van der Waals surface area contributed by atoms with Crippen LogP contribution in [0.1, 0.15) is 24.1 Å². The summed E-state index contributed by atoms with van der Waals surface area (Å²) in [4.78, 5) is 8.23. The van der Waals surface area contributed by atoms with Gasteiger partial charge < -0.3 is 5.32 Å². The van der Waals surface area contributed by atoms with Crippen molar-refractivity contribution in [2.75, 3.05) is 6.54 Å². The Hall–Kier alpha value is -0.960. The summed E-state index contributed by atoms with van der Waals surface area (Å²) in [5.41, 5.74) is 2.45. The van der Waals surface area contributed by atoms with Gasteiger partial charge in [0.1, 0.15) is 6.33 Å². The van der Waals surface area contributed by atoms with Gasteiger partial charge in [0.25, 0.3) is 0 Å². The largest absolute Gasteiger partial charge is 0.312 e. The van der Waals surface area contributed by atoms with E-state index in [1.54, 1.807) is 6.33 Å². The molecule has 1 N–H and O–H groups in total. The number of rotatable bonds is 0. The highest BCUT2D eigenvalue weighted by Crippen LogP contribution is 2.18. The summed E-state index contributed by atoms with van der Waals surface area (Å²) in [6.45, 7) is 4.13. The molecule has 1 aromatic heterocycles. The van der Waals surface area contributed by atoms with Gasteiger partial charge in [-0.15, -0.1) is 0 Å². The molecule has 3 nitrogen and oxygen atoms in total. The Morgan fingerprint density at radius 3 is 3.36 bits per heavy atom. The quantitative estimate of drug-likeness (QED) is 0.589.